The molecule has 0 radical (unpaired) electrons. The Labute approximate surface area is 143 Å². The van der Waals surface area contributed by atoms with Crippen LogP contribution in [0, 0.1) is 0 Å². The summed E-state index contributed by atoms with van der Waals surface area (Å²) < 4.78 is 11.5. The van der Waals surface area contributed by atoms with E-state index in [9.17, 15) is 9.59 Å². The first-order chi connectivity index (χ1) is 11.0. The van der Waals surface area contributed by atoms with Gasteiger partial charge in [-0.05, 0) is 38.1 Å². The van der Waals surface area contributed by atoms with Crippen LogP contribution in [0.4, 0.5) is 0 Å². The third kappa shape index (κ3) is 4.93. The molecule has 0 fully saturated rings. The van der Waals surface area contributed by atoms with Crippen molar-refractivity contribution >= 4 is 27.9 Å². The Hall–Kier alpha value is -2.14. The fourth-order valence-electron chi connectivity index (χ4n) is 1.93. The van der Waals surface area contributed by atoms with Crippen LogP contribution < -0.4 is 0 Å². The molecule has 0 N–H and O–H groups in total. The van der Waals surface area contributed by atoms with Crippen LogP contribution >= 0.6 is 15.9 Å². The number of rotatable bonds is 5. The van der Waals surface area contributed by atoms with Crippen LogP contribution in [0.2, 0.25) is 0 Å². The van der Waals surface area contributed by atoms with E-state index < -0.39 is 18.0 Å². The lowest BCUT2D eigenvalue weighted by Crippen LogP contribution is -2.24. The third-order valence-corrected chi connectivity index (χ3v) is 3.50. The van der Waals surface area contributed by atoms with E-state index in [0.29, 0.717) is 11.1 Å². The Morgan fingerprint density at radius 3 is 2.09 bits per heavy atom. The molecule has 0 aliphatic carbocycles. The fraction of sp³-hybridized carbons (Fsp3) is 0.222. The van der Waals surface area contributed by atoms with Crippen LogP contribution in [-0.2, 0) is 14.3 Å². The molecule has 0 heterocycles. The van der Waals surface area contributed by atoms with Crippen LogP contribution in [0.25, 0.3) is 0 Å². The predicted molar refractivity (Wildman–Crippen MR) is 90.0 cm³/mol. The minimum absolute atomic E-state index is 0.295. The zero-order valence-electron chi connectivity index (χ0n) is 12.9. The van der Waals surface area contributed by atoms with E-state index in [4.69, 9.17) is 9.47 Å². The average molecular weight is 377 g/mol. The van der Waals surface area contributed by atoms with Gasteiger partial charge in [-0.15, -0.1) is 0 Å². The quantitative estimate of drug-likeness (QED) is 0.730. The van der Waals surface area contributed by atoms with Gasteiger partial charge in [-0.25, -0.2) is 9.59 Å². The molecule has 0 aromatic heterocycles. The minimum Gasteiger partial charge on any atom is -0.460 e. The summed E-state index contributed by atoms with van der Waals surface area (Å²) >= 11 is 3.34. The monoisotopic (exact) mass is 376 g/mol. The molecule has 120 valence electrons. The molecule has 0 unspecified atom stereocenters. The maximum absolute atomic E-state index is 12.3. The summed E-state index contributed by atoms with van der Waals surface area (Å²) in [6, 6.07) is 15.5. The molecule has 0 saturated heterocycles. The van der Waals surface area contributed by atoms with Crippen LogP contribution in [0.5, 0.6) is 0 Å². The number of carbonyl (C=O) groups excluding carboxylic acids is 2. The number of hydrogen-bond acceptors (Lipinski definition) is 4. The highest BCUT2D eigenvalue weighted by molar-refractivity contribution is 9.10. The van der Waals surface area contributed by atoms with Crippen LogP contribution in [0.3, 0.4) is 0 Å². The number of ether oxygens (including phenoxy) is 2. The molecule has 23 heavy (non-hydrogen) atoms. The highest BCUT2D eigenvalue weighted by atomic mass is 79.9. The molecule has 2 aromatic carbocycles. The molecule has 5 heteroatoms. The van der Waals surface area contributed by atoms with Crippen molar-refractivity contribution in [2.75, 3.05) is 0 Å². The van der Waals surface area contributed by atoms with E-state index in [2.05, 4.69) is 15.9 Å². The predicted octanol–water partition coefficient (Wildman–Crippen LogP) is 4.30. The molecule has 0 saturated carbocycles. The SMILES string of the molecule is CC(C)OC(=O)[C@@H](OC(=O)c1ccccc1)c1ccc(Br)cc1. The minimum atomic E-state index is -1.10. The van der Waals surface area contributed by atoms with E-state index >= 15 is 0 Å². The molecule has 0 bridgehead atoms. The smallest absolute Gasteiger partial charge is 0.352 e. The summed E-state index contributed by atoms with van der Waals surface area (Å²) in [6.45, 7) is 3.49. The molecular formula is C18H17BrO4. The highest BCUT2D eigenvalue weighted by Crippen LogP contribution is 2.23. The van der Waals surface area contributed by atoms with Crippen molar-refractivity contribution in [3.63, 3.8) is 0 Å². The van der Waals surface area contributed by atoms with Crippen LogP contribution in [-0.4, -0.2) is 18.0 Å². The van der Waals surface area contributed by atoms with Gasteiger partial charge in [-0.1, -0.05) is 46.3 Å². The lowest BCUT2D eigenvalue weighted by Gasteiger charge is -2.19. The molecular weight excluding hydrogens is 360 g/mol. The second kappa shape index (κ2) is 7.92. The molecule has 0 spiro atoms. The van der Waals surface area contributed by atoms with E-state index in [-0.39, 0.29) is 6.10 Å². The number of benzene rings is 2. The van der Waals surface area contributed by atoms with Crippen molar-refractivity contribution in [2.24, 2.45) is 0 Å². The van der Waals surface area contributed by atoms with Crippen molar-refractivity contribution in [3.05, 3.63) is 70.2 Å². The third-order valence-electron chi connectivity index (χ3n) is 2.97. The van der Waals surface area contributed by atoms with E-state index in [1.807, 2.05) is 0 Å². The average Bonchev–Trinajstić information content (AvgIpc) is 2.53. The van der Waals surface area contributed by atoms with Crippen molar-refractivity contribution < 1.29 is 19.1 Å². The lowest BCUT2D eigenvalue weighted by molar-refractivity contribution is -0.158. The topological polar surface area (TPSA) is 52.6 Å². The maximum Gasteiger partial charge on any atom is 0.352 e. The maximum atomic E-state index is 12.3. The van der Waals surface area contributed by atoms with Crippen LogP contribution in [0.1, 0.15) is 35.9 Å². The van der Waals surface area contributed by atoms with E-state index in [1.165, 1.54) is 0 Å². The number of carbonyl (C=O) groups is 2. The van der Waals surface area contributed by atoms with Gasteiger partial charge in [0, 0.05) is 10.0 Å². The van der Waals surface area contributed by atoms with Gasteiger partial charge in [0.25, 0.3) is 0 Å². The second-order valence-electron chi connectivity index (χ2n) is 5.19. The first-order valence-electron chi connectivity index (χ1n) is 7.19. The second-order valence-corrected chi connectivity index (χ2v) is 6.10. The normalized spacial score (nSPS) is 11.8. The van der Waals surface area contributed by atoms with E-state index in [0.717, 1.165) is 4.47 Å². The molecule has 2 aromatic rings. The van der Waals surface area contributed by atoms with Crippen molar-refractivity contribution in [2.45, 2.75) is 26.1 Å². The van der Waals surface area contributed by atoms with E-state index in [1.54, 1.807) is 68.4 Å². The number of hydrogen-bond donors (Lipinski definition) is 0. The Morgan fingerprint density at radius 1 is 0.913 bits per heavy atom. The molecule has 0 aliphatic rings. The van der Waals surface area contributed by atoms with Crippen molar-refractivity contribution in [3.8, 4) is 0 Å². The molecule has 0 amide bonds. The molecule has 4 nitrogen and oxygen atoms in total. The molecule has 1 atom stereocenters. The van der Waals surface area contributed by atoms with Gasteiger partial charge in [0.15, 0.2) is 0 Å². The Balaban J connectivity index is 2.24. The standard InChI is InChI=1S/C18H17BrO4/c1-12(2)22-18(21)16(13-8-10-15(19)11-9-13)23-17(20)14-6-4-3-5-7-14/h3-12,16H,1-2H3/t16-/m0/s1. The Morgan fingerprint density at radius 2 is 1.52 bits per heavy atom. The van der Waals surface area contributed by atoms with Gasteiger partial charge in [0.2, 0.25) is 6.10 Å². The summed E-state index contributed by atoms with van der Waals surface area (Å²) in [4.78, 5) is 24.5. The van der Waals surface area contributed by atoms with Gasteiger partial charge in [0.1, 0.15) is 0 Å². The summed E-state index contributed by atoms with van der Waals surface area (Å²) in [5.74, 6) is -1.16. The largest absolute Gasteiger partial charge is 0.460 e. The summed E-state index contributed by atoms with van der Waals surface area (Å²) in [5, 5.41) is 0. The van der Waals surface area contributed by atoms with Gasteiger partial charge in [0.05, 0.1) is 11.7 Å². The first-order valence-corrected chi connectivity index (χ1v) is 7.98. The van der Waals surface area contributed by atoms with Crippen molar-refractivity contribution in [1.29, 1.82) is 0 Å². The molecule has 0 aliphatic heterocycles. The Kier molecular flexibility index (Phi) is 5.93. The highest BCUT2D eigenvalue weighted by Gasteiger charge is 2.27. The van der Waals surface area contributed by atoms with Gasteiger partial charge >= 0.3 is 11.9 Å². The summed E-state index contributed by atoms with van der Waals surface area (Å²) in [7, 11) is 0. The van der Waals surface area contributed by atoms with Gasteiger partial charge in [-0.3, -0.25) is 0 Å². The molecule has 2 rings (SSSR count). The zero-order chi connectivity index (χ0) is 16.8. The van der Waals surface area contributed by atoms with Crippen LogP contribution in [0.15, 0.2) is 59.1 Å². The number of esters is 2. The number of halogens is 1. The summed E-state index contributed by atoms with van der Waals surface area (Å²) in [6.07, 6.45) is -1.39. The zero-order valence-corrected chi connectivity index (χ0v) is 14.4. The Bertz CT molecular complexity index is 665. The summed E-state index contributed by atoms with van der Waals surface area (Å²) in [5.41, 5.74) is 0.940. The van der Waals surface area contributed by atoms with Gasteiger partial charge in [-0.2, -0.15) is 0 Å². The first kappa shape index (κ1) is 17.2. The lowest BCUT2D eigenvalue weighted by atomic mass is 10.1. The van der Waals surface area contributed by atoms with Crippen molar-refractivity contribution in [1.82, 2.24) is 0 Å². The van der Waals surface area contributed by atoms with Gasteiger partial charge < -0.3 is 9.47 Å². The fourth-order valence-corrected chi connectivity index (χ4v) is 2.20.